The van der Waals surface area contributed by atoms with Gasteiger partial charge in [-0.25, -0.2) is 4.68 Å². The molecule has 2 rings (SSSR count). The summed E-state index contributed by atoms with van der Waals surface area (Å²) in [6.07, 6.45) is 6.12. The van der Waals surface area contributed by atoms with Crippen LogP contribution in [0.3, 0.4) is 0 Å². The molecular formula is C25H37N2O2Y-. The maximum atomic E-state index is 13.2. The summed E-state index contributed by atoms with van der Waals surface area (Å²) in [5.41, 5.74) is 3.10. The van der Waals surface area contributed by atoms with Crippen molar-refractivity contribution in [1.82, 2.24) is 9.78 Å². The van der Waals surface area contributed by atoms with Gasteiger partial charge in [0.15, 0.2) is 5.75 Å². The second kappa shape index (κ2) is 15.4. The monoisotopic (exact) mass is 486 g/mol. The van der Waals surface area contributed by atoms with Crippen LogP contribution in [0.4, 0.5) is 0 Å². The van der Waals surface area contributed by atoms with Gasteiger partial charge in [0.1, 0.15) is 12.3 Å². The molecule has 0 fully saturated rings. The van der Waals surface area contributed by atoms with Crippen molar-refractivity contribution in [1.29, 1.82) is 0 Å². The smallest absolute Gasteiger partial charge is 0.278 e. The van der Waals surface area contributed by atoms with Crippen LogP contribution >= 0.6 is 0 Å². The van der Waals surface area contributed by atoms with Gasteiger partial charge in [-0.1, -0.05) is 71.7 Å². The van der Waals surface area contributed by atoms with Crippen molar-refractivity contribution >= 4 is 0 Å². The van der Waals surface area contributed by atoms with Crippen LogP contribution in [0.15, 0.2) is 29.1 Å². The zero-order chi connectivity index (χ0) is 21.3. The summed E-state index contributed by atoms with van der Waals surface area (Å²) >= 11 is 0. The Morgan fingerprint density at radius 1 is 1.13 bits per heavy atom. The maximum absolute atomic E-state index is 13.2. The molecule has 30 heavy (non-hydrogen) atoms. The van der Waals surface area contributed by atoms with E-state index in [9.17, 15) is 4.79 Å². The molecule has 0 spiro atoms. The van der Waals surface area contributed by atoms with Gasteiger partial charge in [-0.3, -0.25) is 4.79 Å². The summed E-state index contributed by atoms with van der Waals surface area (Å²) in [5, 5.41) is 4.63. The molecule has 0 aliphatic heterocycles. The fourth-order valence-electron chi connectivity index (χ4n) is 2.96. The molecule has 1 aromatic heterocycles. The van der Waals surface area contributed by atoms with E-state index < -0.39 is 0 Å². The summed E-state index contributed by atoms with van der Waals surface area (Å²) in [7, 11) is 0. The second-order valence-electron chi connectivity index (χ2n) is 7.44. The van der Waals surface area contributed by atoms with Crippen molar-refractivity contribution in [3.63, 3.8) is 0 Å². The Kier molecular flexibility index (Phi) is 15.8. The number of aryl methyl sites for hydroxylation is 1. The third-order valence-electron chi connectivity index (χ3n) is 4.03. The number of terminal acetylenes is 1. The molecule has 0 aliphatic rings. The minimum Gasteiger partial charge on any atom is -0.478 e. The average molecular weight is 486 g/mol. The zero-order valence-electron chi connectivity index (χ0n) is 20.0. The standard InChI is InChI=1S/C22H28N2O2.C2H6.CH3.Y/c1-7-12-26-21-19(13-15(2)3)23-24(14-16(4)5)22(25)20(21)18-11-9-8-10-17(18)6;1-2;;/h1,8-11,15-16H,12-14H2,2-6H3;1-2H3;1H3;/q;;-1;. The van der Waals surface area contributed by atoms with Gasteiger partial charge >= 0.3 is 0 Å². The van der Waals surface area contributed by atoms with Crippen molar-refractivity contribution < 1.29 is 37.4 Å². The molecule has 4 nitrogen and oxygen atoms in total. The zero-order valence-corrected chi connectivity index (χ0v) is 22.8. The third kappa shape index (κ3) is 8.36. The molecule has 0 atom stereocenters. The van der Waals surface area contributed by atoms with Gasteiger partial charge in [-0.2, -0.15) is 5.10 Å². The molecule has 0 unspecified atom stereocenters. The van der Waals surface area contributed by atoms with Crippen LogP contribution in [0.2, 0.25) is 0 Å². The van der Waals surface area contributed by atoms with Gasteiger partial charge in [-0.15, -0.1) is 6.42 Å². The summed E-state index contributed by atoms with van der Waals surface area (Å²) < 4.78 is 7.43. The van der Waals surface area contributed by atoms with E-state index >= 15 is 0 Å². The van der Waals surface area contributed by atoms with Crippen LogP contribution in [0.25, 0.3) is 11.1 Å². The van der Waals surface area contributed by atoms with Crippen LogP contribution in [0.5, 0.6) is 5.75 Å². The summed E-state index contributed by atoms with van der Waals surface area (Å²) in [6, 6.07) is 7.84. The number of rotatable bonds is 7. The van der Waals surface area contributed by atoms with E-state index in [1.807, 2.05) is 45.0 Å². The Bertz CT molecular complexity index is 864. The number of hydrogen-bond acceptors (Lipinski definition) is 3. The molecule has 0 amide bonds. The van der Waals surface area contributed by atoms with E-state index in [1.165, 1.54) is 0 Å². The van der Waals surface area contributed by atoms with Gasteiger partial charge in [0.25, 0.3) is 5.56 Å². The molecule has 5 heteroatoms. The predicted molar refractivity (Wildman–Crippen MR) is 124 cm³/mol. The number of aromatic nitrogens is 2. The SMILES string of the molecule is C#CCOc1c(CC(C)C)nn(CC(C)C)c(=O)c1-c1ccccc1C.CC.[CH3-].[Y]. The molecule has 0 saturated carbocycles. The minimum absolute atomic E-state index is 0. The van der Waals surface area contributed by atoms with E-state index in [-0.39, 0.29) is 52.3 Å². The Labute approximate surface area is 208 Å². The van der Waals surface area contributed by atoms with Crippen LogP contribution in [0, 0.1) is 38.5 Å². The topological polar surface area (TPSA) is 44.1 Å². The normalized spacial score (nSPS) is 9.73. The molecule has 1 heterocycles. The van der Waals surface area contributed by atoms with Gasteiger partial charge in [0, 0.05) is 39.3 Å². The van der Waals surface area contributed by atoms with Crippen molar-refractivity contribution in [2.75, 3.05) is 6.61 Å². The third-order valence-corrected chi connectivity index (χ3v) is 4.03. The van der Waals surface area contributed by atoms with Gasteiger partial charge in [0.05, 0.1) is 5.56 Å². The quantitative estimate of drug-likeness (QED) is 0.380. The van der Waals surface area contributed by atoms with Gasteiger partial charge < -0.3 is 12.2 Å². The predicted octanol–water partition coefficient (Wildman–Crippen LogP) is 5.56. The fraction of sp³-hybridized carbons (Fsp3) is 0.480. The summed E-state index contributed by atoms with van der Waals surface area (Å²) in [5.74, 6) is 3.72. The first-order chi connectivity index (χ1) is 13.3. The molecule has 1 radical (unpaired) electrons. The number of hydrogen-bond donors (Lipinski definition) is 0. The largest absolute Gasteiger partial charge is 0.478 e. The molecule has 163 valence electrons. The Balaban J connectivity index is 0. The van der Waals surface area contributed by atoms with Crippen LogP contribution in [0.1, 0.15) is 52.8 Å². The van der Waals surface area contributed by atoms with Crippen molar-refractivity contribution in [3.8, 4) is 29.2 Å². The van der Waals surface area contributed by atoms with Crippen LogP contribution in [-0.4, -0.2) is 16.4 Å². The van der Waals surface area contributed by atoms with Crippen molar-refractivity contribution in [2.24, 2.45) is 11.8 Å². The van der Waals surface area contributed by atoms with Gasteiger partial charge in [0.2, 0.25) is 0 Å². The Morgan fingerprint density at radius 3 is 2.23 bits per heavy atom. The maximum Gasteiger partial charge on any atom is 0.278 e. The average Bonchev–Trinajstić information content (AvgIpc) is 2.64. The molecule has 2 aromatic rings. The summed E-state index contributed by atoms with van der Waals surface area (Å²) in [6.45, 7) is 15.1. The van der Waals surface area contributed by atoms with E-state index in [4.69, 9.17) is 11.2 Å². The Morgan fingerprint density at radius 2 is 1.73 bits per heavy atom. The fourth-order valence-corrected chi connectivity index (χ4v) is 2.96. The van der Waals surface area contributed by atoms with Crippen LogP contribution in [-0.2, 0) is 45.7 Å². The molecule has 0 N–H and O–H groups in total. The van der Waals surface area contributed by atoms with E-state index in [0.717, 1.165) is 23.2 Å². The van der Waals surface area contributed by atoms with Gasteiger partial charge in [-0.05, 0) is 36.3 Å². The minimum atomic E-state index is -0.132. The van der Waals surface area contributed by atoms with Crippen molar-refractivity contribution in [3.05, 3.63) is 53.3 Å². The van der Waals surface area contributed by atoms with Crippen molar-refractivity contribution in [2.45, 2.75) is 61.4 Å². The van der Waals surface area contributed by atoms with E-state index in [0.29, 0.717) is 29.7 Å². The Hall–Kier alpha value is -1.44. The molecule has 0 aliphatic carbocycles. The number of ether oxygens (including phenoxy) is 1. The molecule has 0 saturated heterocycles. The first-order valence-electron chi connectivity index (χ1n) is 10.1. The van der Waals surface area contributed by atoms with Crippen LogP contribution < -0.4 is 10.3 Å². The number of nitrogens with zero attached hydrogens (tertiary/aromatic N) is 2. The first kappa shape index (κ1) is 30.8. The van der Waals surface area contributed by atoms with E-state index in [2.05, 4.69) is 38.7 Å². The number of benzene rings is 1. The first-order valence-corrected chi connectivity index (χ1v) is 10.1. The molecule has 1 aromatic carbocycles. The summed E-state index contributed by atoms with van der Waals surface area (Å²) in [4.78, 5) is 13.2. The second-order valence-corrected chi connectivity index (χ2v) is 7.44. The molecular weight excluding hydrogens is 449 g/mol. The molecule has 0 bridgehead atoms. The van der Waals surface area contributed by atoms with E-state index in [1.54, 1.807) is 4.68 Å².